The van der Waals surface area contributed by atoms with Crippen LogP contribution in [0.4, 0.5) is 0 Å². The van der Waals surface area contributed by atoms with Gasteiger partial charge in [0.25, 0.3) is 0 Å². The van der Waals surface area contributed by atoms with Gasteiger partial charge in [0.2, 0.25) is 0 Å². The van der Waals surface area contributed by atoms with Gasteiger partial charge in [-0.2, -0.15) is 0 Å². The zero-order valence-electron chi connectivity index (χ0n) is 33.7. The molecule has 290 valence electrons. The zero-order chi connectivity index (χ0) is 41.2. The Balaban J connectivity index is 0.959. The summed E-state index contributed by atoms with van der Waals surface area (Å²) in [4.78, 5) is 20.0. The van der Waals surface area contributed by atoms with Crippen molar-refractivity contribution < 1.29 is 0 Å². The van der Waals surface area contributed by atoms with Gasteiger partial charge in [-0.05, 0) is 91.4 Å². The molecule has 0 aliphatic carbocycles. The van der Waals surface area contributed by atoms with Crippen LogP contribution in [0.1, 0.15) is 0 Å². The van der Waals surface area contributed by atoms with Crippen LogP contribution >= 0.6 is 0 Å². The monoisotopic (exact) mass is 790 g/mol. The van der Waals surface area contributed by atoms with Gasteiger partial charge in [0.1, 0.15) is 0 Å². The molecule has 0 N–H and O–H groups in total. The molecular formula is C58H38N4. The maximum Gasteiger partial charge on any atom is 0.164 e. The summed E-state index contributed by atoms with van der Waals surface area (Å²) in [5.41, 5.74) is 15.3. The van der Waals surface area contributed by atoms with Crippen molar-refractivity contribution in [3.8, 4) is 89.8 Å². The van der Waals surface area contributed by atoms with E-state index in [-0.39, 0.29) is 0 Å². The average molecular weight is 791 g/mol. The number of aromatic nitrogens is 4. The molecule has 62 heavy (non-hydrogen) atoms. The minimum atomic E-state index is 0.618. The second kappa shape index (κ2) is 16.0. The van der Waals surface area contributed by atoms with Gasteiger partial charge in [0.05, 0.1) is 5.52 Å². The summed E-state index contributed by atoms with van der Waals surface area (Å²) in [7, 11) is 0. The molecule has 0 radical (unpaired) electrons. The molecule has 2 aromatic heterocycles. The smallest absolute Gasteiger partial charge is 0.164 e. The minimum Gasteiger partial charge on any atom is -0.256 e. The largest absolute Gasteiger partial charge is 0.256 e. The molecule has 0 saturated heterocycles. The van der Waals surface area contributed by atoms with Gasteiger partial charge >= 0.3 is 0 Å². The van der Waals surface area contributed by atoms with Gasteiger partial charge in [0.15, 0.2) is 17.5 Å². The topological polar surface area (TPSA) is 51.6 Å². The van der Waals surface area contributed by atoms with Gasteiger partial charge in [-0.3, -0.25) is 4.98 Å². The van der Waals surface area contributed by atoms with Crippen LogP contribution in [0.15, 0.2) is 231 Å². The molecule has 2 heterocycles. The van der Waals surface area contributed by atoms with Gasteiger partial charge in [0, 0.05) is 33.7 Å². The van der Waals surface area contributed by atoms with E-state index in [2.05, 4.69) is 206 Å². The number of fused-ring (bicyclic) bond motifs is 3. The minimum absolute atomic E-state index is 0.618. The maximum absolute atomic E-state index is 5.12. The number of benzene rings is 9. The lowest BCUT2D eigenvalue weighted by Crippen LogP contribution is -2.00. The van der Waals surface area contributed by atoms with Gasteiger partial charge in [-0.25, -0.2) is 15.0 Å². The maximum atomic E-state index is 5.12. The fourth-order valence-corrected chi connectivity index (χ4v) is 8.39. The first-order valence-corrected chi connectivity index (χ1v) is 20.9. The molecule has 11 aromatic rings. The standard InChI is InChI=1S/C58H38N4/c1-3-13-39(14-4-1)41-26-30-43(31-27-41)56-60-57(44-32-28-42(29-33-44)40-15-5-2-6-16-40)62-58(61-56)51-22-11-20-48(37-51)46-18-9-17-45(35-46)47-19-10-21-49(36-47)54-38-50-23-12-34-59-55(50)53-25-8-7-24-52(53)54/h1-38H. The molecule has 0 amide bonds. The lowest BCUT2D eigenvalue weighted by Gasteiger charge is -2.13. The molecule has 0 unspecified atom stereocenters. The van der Waals surface area contributed by atoms with Crippen molar-refractivity contribution in [2.24, 2.45) is 0 Å². The van der Waals surface area contributed by atoms with Crippen molar-refractivity contribution in [2.75, 3.05) is 0 Å². The fourth-order valence-electron chi connectivity index (χ4n) is 8.39. The van der Waals surface area contributed by atoms with Crippen LogP contribution in [0.2, 0.25) is 0 Å². The summed E-state index contributed by atoms with van der Waals surface area (Å²) >= 11 is 0. The molecule has 4 heteroatoms. The van der Waals surface area contributed by atoms with Crippen LogP contribution in [0.5, 0.6) is 0 Å². The Hall–Kier alpha value is -8.34. The molecule has 0 atom stereocenters. The second-order valence-corrected chi connectivity index (χ2v) is 15.5. The van der Waals surface area contributed by atoms with Crippen molar-refractivity contribution >= 4 is 21.7 Å². The van der Waals surface area contributed by atoms with Crippen LogP contribution in [0.3, 0.4) is 0 Å². The zero-order valence-corrected chi connectivity index (χ0v) is 33.7. The number of hydrogen-bond donors (Lipinski definition) is 0. The number of nitrogens with zero attached hydrogens (tertiary/aromatic N) is 4. The molecule has 0 bridgehead atoms. The first-order chi connectivity index (χ1) is 30.7. The Morgan fingerprint density at radius 1 is 0.242 bits per heavy atom. The third kappa shape index (κ3) is 7.20. The van der Waals surface area contributed by atoms with E-state index in [1.807, 2.05) is 24.4 Å². The summed E-state index contributed by atoms with van der Waals surface area (Å²) in [6.07, 6.45) is 1.87. The van der Waals surface area contributed by atoms with Crippen LogP contribution in [0, 0.1) is 0 Å². The van der Waals surface area contributed by atoms with Crippen molar-refractivity contribution in [1.82, 2.24) is 19.9 Å². The predicted octanol–water partition coefficient (Wildman–Crippen LogP) is 14.9. The van der Waals surface area contributed by atoms with Crippen LogP contribution in [-0.4, -0.2) is 19.9 Å². The van der Waals surface area contributed by atoms with E-state index >= 15 is 0 Å². The van der Waals surface area contributed by atoms with Crippen LogP contribution in [-0.2, 0) is 0 Å². The van der Waals surface area contributed by atoms with E-state index in [0.29, 0.717) is 17.5 Å². The Morgan fingerprint density at radius 2 is 0.629 bits per heavy atom. The van der Waals surface area contributed by atoms with E-state index in [0.717, 1.165) is 66.4 Å². The summed E-state index contributed by atoms with van der Waals surface area (Å²) < 4.78 is 0. The summed E-state index contributed by atoms with van der Waals surface area (Å²) in [5.74, 6) is 1.87. The molecule has 0 spiro atoms. The van der Waals surface area contributed by atoms with E-state index in [9.17, 15) is 0 Å². The van der Waals surface area contributed by atoms with Crippen molar-refractivity contribution in [2.45, 2.75) is 0 Å². The SMILES string of the molecule is c1ccc(-c2ccc(-c3nc(-c4ccc(-c5ccccc5)cc4)nc(-c4cccc(-c5cccc(-c6cccc(-c7cc8cccnc8c8ccccc78)c6)c5)c4)n3)cc2)cc1. The number of rotatable bonds is 8. The Kier molecular flexibility index (Phi) is 9.49. The Morgan fingerprint density at radius 3 is 1.18 bits per heavy atom. The van der Waals surface area contributed by atoms with Crippen LogP contribution < -0.4 is 0 Å². The average Bonchev–Trinajstić information content (AvgIpc) is 3.37. The highest BCUT2D eigenvalue weighted by molar-refractivity contribution is 6.12. The third-order valence-electron chi connectivity index (χ3n) is 11.6. The summed E-state index contributed by atoms with van der Waals surface area (Å²) in [6.45, 7) is 0. The Labute approximate surface area is 360 Å². The number of pyridine rings is 1. The Bertz CT molecular complexity index is 3280. The fraction of sp³-hybridized carbons (Fsp3) is 0. The van der Waals surface area contributed by atoms with Crippen molar-refractivity contribution in [1.29, 1.82) is 0 Å². The van der Waals surface area contributed by atoms with Crippen molar-refractivity contribution in [3.63, 3.8) is 0 Å². The first kappa shape index (κ1) is 36.7. The summed E-state index contributed by atoms with van der Waals surface area (Å²) in [6, 6.07) is 78.8. The summed E-state index contributed by atoms with van der Waals surface area (Å²) in [5, 5.41) is 3.49. The van der Waals surface area contributed by atoms with Crippen molar-refractivity contribution in [3.05, 3.63) is 231 Å². The number of hydrogen-bond acceptors (Lipinski definition) is 4. The molecule has 0 aliphatic heterocycles. The molecule has 4 nitrogen and oxygen atoms in total. The molecule has 11 rings (SSSR count). The molecule has 0 aliphatic rings. The van der Waals surface area contributed by atoms with E-state index in [1.165, 1.54) is 27.6 Å². The molecule has 0 saturated carbocycles. The van der Waals surface area contributed by atoms with E-state index in [4.69, 9.17) is 19.9 Å². The highest BCUT2D eigenvalue weighted by Gasteiger charge is 2.15. The third-order valence-corrected chi connectivity index (χ3v) is 11.6. The highest BCUT2D eigenvalue weighted by atomic mass is 15.0. The predicted molar refractivity (Wildman–Crippen MR) is 256 cm³/mol. The van der Waals surface area contributed by atoms with E-state index in [1.54, 1.807) is 0 Å². The highest BCUT2D eigenvalue weighted by Crippen LogP contribution is 2.37. The van der Waals surface area contributed by atoms with Crippen LogP contribution in [0.25, 0.3) is 111 Å². The first-order valence-electron chi connectivity index (χ1n) is 20.9. The van der Waals surface area contributed by atoms with Gasteiger partial charge < -0.3 is 0 Å². The second-order valence-electron chi connectivity index (χ2n) is 15.5. The van der Waals surface area contributed by atoms with Gasteiger partial charge in [-0.15, -0.1) is 0 Å². The lowest BCUT2D eigenvalue weighted by atomic mass is 9.92. The quantitative estimate of drug-likeness (QED) is 0.144. The normalized spacial score (nSPS) is 11.2. The van der Waals surface area contributed by atoms with Gasteiger partial charge in [-0.1, -0.05) is 194 Å². The van der Waals surface area contributed by atoms with E-state index < -0.39 is 0 Å². The molecular weight excluding hydrogens is 753 g/mol. The lowest BCUT2D eigenvalue weighted by molar-refractivity contribution is 1.07. The molecule has 9 aromatic carbocycles. The molecule has 0 fully saturated rings.